The summed E-state index contributed by atoms with van der Waals surface area (Å²) in [7, 11) is 0. The molecule has 0 saturated carbocycles. The van der Waals surface area contributed by atoms with Gasteiger partial charge in [0.15, 0.2) is 0 Å². The highest BCUT2D eigenvalue weighted by atomic mass is 16.2. The molecule has 1 fully saturated rings. The number of amides is 1. The third-order valence-corrected chi connectivity index (χ3v) is 2.45. The lowest BCUT2D eigenvalue weighted by Crippen LogP contribution is -2.35. The molecule has 1 saturated heterocycles. The van der Waals surface area contributed by atoms with E-state index in [1.54, 1.807) is 6.92 Å². The van der Waals surface area contributed by atoms with Crippen molar-refractivity contribution in [2.75, 3.05) is 26.2 Å². The molecule has 0 radical (unpaired) electrons. The van der Waals surface area contributed by atoms with Gasteiger partial charge in [-0.15, -0.1) is 0 Å². The zero-order valence-electron chi connectivity index (χ0n) is 8.25. The van der Waals surface area contributed by atoms with Gasteiger partial charge in [0.25, 0.3) is 0 Å². The van der Waals surface area contributed by atoms with E-state index in [1.165, 1.54) is 0 Å². The van der Waals surface area contributed by atoms with Crippen LogP contribution in [0.15, 0.2) is 0 Å². The molecule has 1 amide bonds. The van der Waals surface area contributed by atoms with Crippen LogP contribution < -0.4 is 11.1 Å². The minimum absolute atomic E-state index is 0.183. The molecule has 3 N–H and O–H groups in total. The molecule has 1 heterocycles. The first-order chi connectivity index (χ1) is 6.24. The van der Waals surface area contributed by atoms with Gasteiger partial charge in [-0.05, 0) is 25.9 Å². The summed E-state index contributed by atoms with van der Waals surface area (Å²) in [4.78, 5) is 12.9. The highest BCUT2D eigenvalue weighted by Crippen LogP contribution is 2.08. The van der Waals surface area contributed by atoms with Crippen molar-refractivity contribution in [2.45, 2.75) is 25.8 Å². The van der Waals surface area contributed by atoms with E-state index in [9.17, 15) is 4.79 Å². The van der Waals surface area contributed by atoms with Crippen LogP contribution in [-0.2, 0) is 4.79 Å². The van der Waals surface area contributed by atoms with Crippen molar-refractivity contribution in [3.05, 3.63) is 0 Å². The molecule has 1 unspecified atom stereocenters. The van der Waals surface area contributed by atoms with Crippen LogP contribution in [0.5, 0.6) is 0 Å². The summed E-state index contributed by atoms with van der Waals surface area (Å²) < 4.78 is 0. The van der Waals surface area contributed by atoms with Gasteiger partial charge in [-0.1, -0.05) is 0 Å². The van der Waals surface area contributed by atoms with Gasteiger partial charge in [-0.3, -0.25) is 4.79 Å². The average Bonchev–Trinajstić information content (AvgIpc) is 2.53. The van der Waals surface area contributed by atoms with Gasteiger partial charge in [-0.25, -0.2) is 0 Å². The van der Waals surface area contributed by atoms with Crippen molar-refractivity contribution in [2.24, 2.45) is 5.73 Å². The van der Waals surface area contributed by atoms with Gasteiger partial charge in [0, 0.05) is 26.1 Å². The Morgan fingerprint density at radius 2 is 2.46 bits per heavy atom. The minimum atomic E-state index is 0.183. The Hall–Kier alpha value is -0.610. The third kappa shape index (κ3) is 3.32. The zero-order valence-corrected chi connectivity index (χ0v) is 8.25. The first-order valence-corrected chi connectivity index (χ1v) is 4.93. The van der Waals surface area contributed by atoms with E-state index in [1.807, 2.05) is 4.90 Å². The highest BCUT2D eigenvalue weighted by molar-refractivity contribution is 5.73. The standard InChI is InChI=1S/C9H19N3O/c1-8(13)12-6-3-9(7-12)11-5-2-4-10/h9,11H,2-7,10H2,1H3. The summed E-state index contributed by atoms with van der Waals surface area (Å²) in [5.41, 5.74) is 5.38. The number of rotatable bonds is 4. The van der Waals surface area contributed by atoms with Crippen molar-refractivity contribution in [1.29, 1.82) is 0 Å². The third-order valence-electron chi connectivity index (χ3n) is 2.45. The fourth-order valence-corrected chi connectivity index (χ4v) is 1.62. The van der Waals surface area contributed by atoms with Gasteiger partial charge in [0.1, 0.15) is 0 Å². The maximum absolute atomic E-state index is 11.0. The Balaban J connectivity index is 2.14. The first-order valence-electron chi connectivity index (χ1n) is 4.93. The number of carbonyl (C=O) groups excluding carboxylic acids is 1. The molecule has 0 aromatic rings. The first kappa shape index (κ1) is 10.5. The summed E-state index contributed by atoms with van der Waals surface area (Å²) in [6.07, 6.45) is 2.08. The lowest BCUT2D eigenvalue weighted by atomic mass is 10.2. The molecule has 1 atom stereocenters. The van der Waals surface area contributed by atoms with Gasteiger partial charge < -0.3 is 16.0 Å². The van der Waals surface area contributed by atoms with Gasteiger partial charge in [-0.2, -0.15) is 0 Å². The Bertz CT molecular complexity index is 172. The second kappa shape index (κ2) is 5.19. The maximum atomic E-state index is 11.0. The molecule has 0 bridgehead atoms. The number of carbonyl (C=O) groups is 1. The van der Waals surface area contributed by atoms with E-state index in [0.29, 0.717) is 6.04 Å². The van der Waals surface area contributed by atoms with Crippen molar-refractivity contribution in [3.63, 3.8) is 0 Å². The van der Waals surface area contributed by atoms with Crippen LogP contribution in [0.25, 0.3) is 0 Å². The molecule has 0 aromatic heterocycles. The van der Waals surface area contributed by atoms with Crippen molar-refractivity contribution >= 4 is 5.91 Å². The Kier molecular flexibility index (Phi) is 4.18. The van der Waals surface area contributed by atoms with E-state index in [0.717, 1.165) is 39.0 Å². The summed E-state index contributed by atoms with van der Waals surface area (Å²) in [5.74, 6) is 0.183. The largest absolute Gasteiger partial charge is 0.341 e. The molecule has 13 heavy (non-hydrogen) atoms. The van der Waals surface area contributed by atoms with E-state index >= 15 is 0 Å². The highest BCUT2D eigenvalue weighted by Gasteiger charge is 2.22. The maximum Gasteiger partial charge on any atom is 0.219 e. The molecule has 4 heteroatoms. The fraction of sp³-hybridized carbons (Fsp3) is 0.889. The number of likely N-dealkylation sites (tertiary alicyclic amines) is 1. The summed E-state index contributed by atoms with van der Waals surface area (Å²) in [6, 6.07) is 0.482. The molecular formula is C9H19N3O. The van der Waals surface area contributed by atoms with Crippen LogP contribution in [0.4, 0.5) is 0 Å². The monoisotopic (exact) mass is 185 g/mol. The molecular weight excluding hydrogens is 166 g/mol. The summed E-state index contributed by atoms with van der Waals surface area (Å²) >= 11 is 0. The molecule has 4 nitrogen and oxygen atoms in total. The fourth-order valence-electron chi connectivity index (χ4n) is 1.62. The molecule has 76 valence electrons. The Labute approximate surface area is 79.5 Å². The predicted molar refractivity (Wildman–Crippen MR) is 52.3 cm³/mol. The van der Waals surface area contributed by atoms with Crippen LogP contribution in [0.2, 0.25) is 0 Å². The van der Waals surface area contributed by atoms with E-state index in [-0.39, 0.29) is 5.91 Å². The molecule has 0 aliphatic carbocycles. The number of nitrogens with two attached hydrogens (primary N) is 1. The molecule has 1 aliphatic rings. The number of hydrogen-bond acceptors (Lipinski definition) is 3. The molecule has 1 aliphatic heterocycles. The number of nitrogens with zero attached hydrogens (tertiary/aromatic N) is 1. The second-order valence-electron chi connectivity index (χ2n) is 3.55. The van der Waals surface area contributed by atoms with Gasteiger partial charge in [0.05, 0.1) is 0 Å². The average molecular weight is 185 g/mol. The molecule has 0 aromatic carbocycles. The van der Waals surface area contributed by atoms with Crippen LogP contribution in [0.1, 0.15) is 19.8 Å². The van der Waals surface area contributed by atoms with Crippen LogP contribution in [0, 0.1) is 0 Å². The van der Waals surface area contributed by atoms with Crippen LogP contribution in [-0.4, -0.2) is 43.0 Å². The normalized spacial score (nSPS) is 22.3. The summed E-state index contributed by atoms with van der Waals surface area (Å²) in [5, 5.41) is 3.39. The molecule has 0 spiro atoms. The smallest absolute Gasteiger partial charge is 0.219 e. The van der Waals surface area contributed by atoms with Crippen LogP contribution >= 0.6 is 0 Å². The van der Waals surface area contributed by atoms with E-state index in [2.05, 4.69) is 5.32 Å². The number of hydrogen-bond donors (Lipinski definition) is 2. The van der Waals surface area contributed by atoms with E-state index in [4.69, 9.17) is 5.73 Å². The number of nitrogens with one attached hydrogen (secondary N) is 1. The quantitative estimate of drug-likeness (QED) is 0.583. The topological polar surface area (TPSA) is 58.4 Å². The molecule has 1 rings (SSSR count). The van der Waals surface area contributed by atoms with Crippen LogP contribution in [0.3, 0.4) is 0 Å². The Morgan fingerprint density at radius 3 is 3.00 bits per heavy atom. The van der Waals surface area contributed by atoms with Gasteiger partial charge in [0.2, 0.25) is 5.91 Å². The minimum Gasteiger partial charge on any atom is -0.341 e. The predicted octanol–water partition coefficient (Wildman–Crippen LogP) is -0.454. The van der Waals surface area contributed by atoms with Crippen molar-refractivity contribution in [3.8, 4) is 0 Å². The zero-order chi connectivity index (χ0) is 9.68. The summed E-state index contributed by atoms with van der Waals surface area (Å²) in [6.45, 7) is 5.08. The second-order valence-corrected chi connectivity index (χ2v) is 3.55. The van der Waals surface area contributed by atoms with E-state index < -0.39 is 0 Å². The van der Waals surface area contributed by atoms with Gasteiger partial charge >= 0.3 is 0 Å². The SMILES string of the molecule is CC(=O)N1CCC(NCCCN)C1. The van der Waals surface area contributed by atoms with Crippen molar-refractivity contribution < 1.29 is 4.79 Å². The Morgan fingerprint density at radius 1 is 1.69 bits per heavy atom. The lowest BCUT2D eigenvalue weighted by Gasteiger charge is -2.14. The van der Waals surface area contributed by atoms with Crippen molar-refractivity contribution in [1.82, 2.24) is 10.2 Å². The lowest BCUT2D eigenvalue weighted by molar-refractivity contribution is -0.127.